The lowest BCUT2D eigenvalue weighted by Crippen LogP contribution is -2.09. The van der Waals surface area contributed by atoms with Crippen molar-refractivity contribution >= 4 is 6.21 Å². The number of nitrogens with one attached hydrogen (secondary N) is 1. The van der Waals surface area contributed by atoms with Crippen LogP contribution in [0.5, 0.6) is 0 Å². The van der Waals surface area contributed by atoms with Crippen molar-refractivity contribution in [1.29, 1.82) is 5.41 Å². The zero-order valence-corrected chi connectivity index (χ0v) is 8.53. The van der Waals surface area contributed by atoms with Crippen LogP contribution in [0.2, 0.25) is 0 Å². The fourth-order valence-corrected chi connectivity index (χ4v) is 1.52. The molecule has 1 atom stereocenters. The maximum absolute atomic E-state index is 9.61. The Morgan fingerprint density at radius 3 is 2.93 bits per heavy atom. The third-order valence-corrected chi connectivity index (χ3v) is 2.21. The van der Waals surface area contributed by atoms with E-state index in [2.05, 4.69) is 6.92 Å². The van der Waals surface area contributed by atoms with E-state index in [1.807, 2.05) is 24.3 Å². The van der Waals surface area contributed by atoms with Crippen LogP contribution >= 0.6 is 0 Å². The zero-order chi connectivity index (χ0) is 10.4. The highest BCUT2D eigenvalue weighted by molar-refractivity contribution is 5.77. The summed E-state index contributed by atoms with van der Waals surface area (Å²) < 4.78 is 0. The maximum atomic E-state index is 9.61. The maximum Gasteiger partial charge on any atom is 0.0580 e. The zero-order valence-electron chi connectivity index (χ0n) is 8.53. The Morgan fingerprint density at radius 2 is 2.29 bits per heavy atom. The lowest BCUT2D eigenvalue weighted by Gasteiger charge is -2.09. The molecule has 0 aliphatic carbocycles. The van der Waals surface area contributed by atoms with Crippen molar-refractivity contribution in [3.63, 3.8) is 0 Å². The molecule has 0 aromatic heterocycles. The first-order valence-corrected chi connectivity index (χ1v) is 5.03. The molecule has 1 rings (SSSR count). The molecule has 0 radical (unpaired) electrons. The predicted molar refractivity (Wildman–Crippen MR) is 58.9 cm³/mol. The smallest absolute Gasteiger partial charge is 0.0580 e. The van der Waals surface area contributed by atoms with Crippen LogP contribution in [0.15, 0.2) is 24.3 Å². The van der Waals surface area contributed by atoms with Crippen LogP contribution in [0.3, 0.4) is 0 Å². The van der Waals surface area contributed by atoms with E-state index in [0.717, 1.165) is 24.0 Å². The molecule has 1 unspecified atom stereocenters. The molecule has 0 fully saturated rings. The number of aliphatic hydroxyl groups excluding tert-OH is 1. The van der Waals surface area contributed by atoms with E-state index >= 15 is 0 Å². The van der Waals surface area contributed by atoms with Crippen molar-refractivity contribution in [3.05, 3.63) is 35.4 Å². The van der Waals surface area contributed by atoms with Gasteiger partial charge in [-0.2, -0.15) is 0 Å². The molecule has 0 aliphatic heterocycles. The molecule has 1 aromatic carbocycles. The Balaban J connectivity index is 2.61. The topological polar surface area (TPSA) is 44.1 Å². The minimum atomic E-state index is -0.249. The van der Waals surface area contributed by atoms with Gasteiger partial charge in [0.2, 0.25) is 0 Å². The lowest BCUT2D eigenvalue weighted by atomic mass is 10.0. The normalized spacial score (nSPS) is 12.4. The standard InChI is InChI=1S/C12H17NO/c1-2-4-12(14)8-10-5-3-6-11(7-10)9-13/h3,5-7,9,12-14H,2,4,8H2,1H3. The molecule has 0 spiro atoms. The third kappa shape index (κ3) is 3.30. The fraction of sp³-hybridized carbons (Fsp3) is 0.417. The largest absolute Gasteiger partial charge is 0.393 e. The van der Waals surface area contributed by atoms with E-state index < -0.39 is 0 Å². The first-order valence-electron chi connectivity index (χ1n) is 5.03. The second kappa shape index (κ2) is 5.55. The summed E-state index contributed by atoms with van der Waals surface area (Å²) in [6, 6.07) is 7.76. The second-order valence-electron chi connectivity index (χ2n) is 3.54. The molecule has 2 N–H and O–H groups in total. The number of rotatable bonds is 5. The van der Waals surface area contributed by atoms with Crippen molar-refractivity contribution in [1.82, 2.24) is 0 Å². The number of hydrogen-bond acceptors (Lipinski definition) is 2. The van der Waals surface area contributed by atoms with Crippen LogP contribution < -0.4 is 0 Å². The first-order chi connectivity index (χ1) is 6.76. The summed E-state index contributed by atoms with van der Waals surface area (Å²) in [6.45, 7) is 2.07. The summed E-state index contributed by atoms with van der Waals surface area (Å²) in [4.78, 5) is 0. The Labute approximate surface area is 85.1 Å². The van der Waals surface area contributed by atoms with Crippen LogP contribution in [0.1, 0.15) is 30.9 Å². The molecule has 2 heteroatoms. The number of aliphatic hydroxyl groups is 1. The molecule has 0 bridgehead atoms. The summed E-state index contributed by atoms with van der Waals surface area (Å²) in [5.41, 5.74) is 2.00. The van der Waals surface area contributed by atoms with Crippen molar-refractivity contribution < 1.29 is 5.11 Å². The van der Waals surface area contributed by atoms with Gasteiger partial charge < -0.3 is 10.5 Å². The first kappa shape index (κ1) is 10.9. The van der Waals surface area contributed by atoms with E-state index in [1.165, 1.54) is 6.21 Å². The molecular weight excluding hydrogens is 174 g/mol. The average Bonchev–Trinajstić information content (AvgIpc) is 2.18. The van der Waals surface area contributed by atoms with Gasteiger partial charge in [0.15, 0.2) is 0 Å². The van der Waals surface area contributed by atoms with Crippen LogP contribution in [0, 0.1) is 5.41 Å². The van der Waals surface area contributed by atoms with Crippen molar-refractivity contribution in [3.8, 4) is 0 Å². The molecule has 0 heterocycles. The van der Waals surface area contributed by atoms with Crippen molar-refractivity contribution in [2.45, 2.75) is 32.3 Å². The van der Waals surface area contributed by atoms with Crippen LogP contribution in [0.4, 0.5) is 0 Å². The van der Waals surface area contributed by atoms with E-state index in [-0.39, 0.29) is 6.10 Å². The molecule has 2 nitrogen and oxygen atoms in total. The van der Waals surface area contributed by atoms with Gasteiger partial charge in [-0.3, -0.25) is 0 Å². The highest BCUT2D eigenvalue weighted by atomic mass is 16.3. The minimum Gasteiger partial charge on any atom is -0.393 e. The fourth-order valence-electron chi connectivity index (χ4n) is 1.52. The highest BCUT2D eigenvalue weighted by Crippen LogP contribution is 2.09. The Bertz CT molecular complexity index is 296. The predicted octanol–water partition coefficient (Wildman–Crippen LogP) is 2.39. The van der Waals surface area contributed by atoms with Gasteiger partial charge in [0.25, 0.3) is 0 Å². The molecular formula is C12H17NO. The lowest BCUT2D eigenvalue weighted by molar-refractivity contribution is 0.164. The molecule has 0 aliphatic rings. The second-order valence-corrected chi connectivity index (χ2v) is 3.54. The Kier molecular flexibility index (Phi) is 4.33. The van der Waals surface area contributed by atoms with E-state index in [0.29, 0.717) is 6.42 Å². The molecule has 0 amide bonds. The molecule has 76 valence electrons. The van der Waals surface area contributed by atoms with E-state index in [9.17, 15) is 5.11 Å². The van der Waals surface area contributed by atoms with Crippen molar-refractivity contribution in [2.75, 3.05) is 0 Å². The van der Waals surface area contributed by atoms with Gasteiger partial charge in [-0.25, -0.2) is 0 Å². The van der Waals surface area contributed by atoms with Crippen LogP contribution in [-0.4, -0.2) is 17.4 Å². The average molecular weight is 191 g/mol. The van der Waals surface area contributed by atoms with Gasteiger partial charge >= 0.3 is 0 Å². The van der Waals surface area contributed by atoms with E-state index in [4.69, 9.17) is 5.41 Å². The highest BCUT2D eigenvalue weighted by Gasteiger charge is 2.03. The van der Waals surface area contributed by atoms with Crippen molar-refractivity contribution in [2.24, 2.45) is 0 Å². The Morgan fingerprint density at radius 1 is 1.50 bits per heavy atom. The number of benzene rings is 1. The summed E-state index contributed by atoms with van der Waals surface area (Å²) in [5.74, 6) is 0. The summed E-state index contributed by atoms with van der Waals surface area (Å²) in [7, 11) is 0. The third-order valence-electron chi connectivity index (χ3n) is 2.21. The minimum absolute atomic E-state index is 0.249. The van der Waals surface area contributed by atoms with Gasteiger partial charge in [0.1, 0.15) is 0 Å². The molecule has 0 saturated heterocycles. The summed E-state index contributed by atoms with van der Waals surface area (Å²) in [6.07, 6.45) is 3.62. The number of hydrogen-bond donors (Lipinski definition) is 2. The quantitative estimate of drug-likeness (QED) is 0.689. The molecule has 0 saturated carbocycles. The van der Waals surface area contributed by atoms with Gasteiger partial charge in [-0.1, -0.05) is 37.6 Å². The summed E-state index contributed by atoms with van der Waals surface area (Å²) >= 11 is 0. The van der Waals surface area contributed by atoms with E-state index in [1.54, 1.807) is 0 Å². The van der Waals surface area contributed by atoms with Gasteiger partial charge in [-0.15, -0.1) is 0 Å². The monoisotopic (exact) mass is 191 g/mol. The van der Waals surface area contributed by atoms with Crippen LogP contribution in [-0.2, 0) is 6.42 Å². The van der Waals surface area contributed by atoms with Crippen LogP contribution in [0.25, 0.3) is 0 Å². The molecule has 1 aromatic rings. The molecule has 14 heavy (non-hydrogen) atoms. The Hall–Kier alpha value is -1.15. The van der Waals surface area contributed by atoms with Gasteiger partial charge in [0.05, 0.1) is 6.10 Å². The van der Waals surface area contributed by atoms with Gasteiger partial charge in [0, 0.05) is 6.21 Å². The van der Waals surface area contributed by atoms with Gasteiger partial charge in [-0.05, 0) is 24.0 Å². The SMILES string of the molecule is CCCC(O)Cc1cccc(C=N)c1. The summed E-state index contributed by atoms with van der Waals surface area (Å²) in [5, 5.41) is 16.7.